The topological polar surface area (TPSA) is 69.2 Å². The Bertz CT molecular complexity index is 931. The molecule has 4 rings (SSSR count). The molecule has 6 nitrogen and oxygen atoms in total. The molecule has 0 aliphatic carbocycles. The molecular formula is C19H21BN4O2. The number of aromatic nitrogens is 3. The van der Waals surface area contributed by atoms with Crippen molar-refractivity contribution < 1.29 is 9.31 Å². The second-order valence-corrected chi connectivity index (χ2v) is 7.44. The summed E-state index contributed by atoms with van der Waals surface area (Å²) in [5.41, 5.74) is 2.02. The highest BCUT2D eigenvalue weighted by Crippen LogP contribution is 2.36. The summed E-state index contributed by atoms with van der Waals surface area (Å²) in [5.74, 6) is 0.690. The molecule has 1 aliphatic rings. The lowest BCUT2D eigenvalue weighted by atomic mass is 9.78. The van der Waals surface area contributed by atoms with Crippen LogP contribution in [0.2, 0.25) is 0 Å². The molecule has 1 aliphatic heterocycles. The van der Waals surface area contributed by atoms with Crippen molar-refractivity contribution in [1.29, 1.82) is 0 Å². The molecule has 0 radical (unpaired) electrons. The second kappa shape index (κ2) is 6.04. The van der Waals surface area contributed by atoms with Gasteiger partial charge in [-0.1, -0.05) is 12.1 Å². The van der Waals surface area contributed by atoms with Crippen LogP contribution in [0.3, 0.4) is 0 Å². The molecule has 0 bridgehead atoms. The van der Waals surface area contributed by atoms with Crippen molar-refractivity contribution in [2.75, 3.05) is 5.32 Å². The summed E-state index contributed by atoms with van der Waals surface area (Å²) >= 11 is 0. The zero-order valence-corrected chi connectivity index (χ0v) is 15.4. The smallest absolute Gasteiger partial charge is 0.399 e. The summed E-state index contributed by atoms with van der Waals surface area (Å²) in [5, 5.41) is 4.28. The molecule has 3 heterocycles. The molecule has 3 aromatic rings. The third kappa shape index (κ3) is 2.93. The van der Waals surface area contributed by atoms with Crippen LogP contribution < -0.4 is 10.8 Å². The zero-order chi connectivity index (χ0) is 18.4. The largest absolute Gasteiger partial charge is 0.494 e. The van der Waals surface area contributed by atoms with E-state index in [0.717, 1.165) is 22.1 Å². The predicted molar refractivity (Wildman–Crippen MR) is 103 cm³/mol. The van der Waals surface area contributed by atoms with Gasteiger partial charge in [0.15, 0.2) is 0 Å². The van der Waals surface area contributed by atoms with Gasteiger partial charge in [0.2, 0.25) is 0 Å². The quantitative estimate of drug-likeness (QED) is 0.734. The number of nitrogens with zero attached hydrogens (tertiary/aromatic N) is 3. The lowest BCUT2D eigenvalue weighted by Crippen LogP contribution is -2.41. The van der Waals surface area contributed by atoms with Gasteiger partial charge in [-0.25, -0.2) is 4.98 Å². The van der Waals surface area contributed by atoms with Crippen LogP contribution in [-0.2, 0) is 9.31 Å². The molecule has 2 aromatic heterocycles. The Morgan fingerprint density at radius 3 is 2.38 bits per heavy atom. The molecule has 1 saturated heterocycles. The number of pyridine rings is 1. The normalized spacial score (nSPS) is 18.2. The molecule has 1 aromatic carbocycles. The van der Waals surface area contributed by atoms with E-state index >= 15 is 0 Å². The van der Waals surface area contributed by atoms with Crippen LogP contribution in [0.1, 0.15) is 27.7 Å². The standard InChI is InChI=1S/C19H21BN4O2/c1-18(2)19(3,4)26-20(25-18)13-5-6-14-15(7-8-22-16(14)11-13)24-17-12-21-9-10-23-17/h5-12H,1-4H3,(H,22,23,24). The molecule has 1 fully saturated rings. The van der Waals surface area contributed by atoms with E-state index in [4.69, 9.17) is 9.31 Å². The molecule has 1 N–H and O–H groups in total. The van der Waals surface area contributed by atoms with Gasteiger partial charge in [0, 0.05) is 24.0 Å². The molecule has 0 spiro atoms. The minimum absolute atomic E-state index is 0.366. The van der Waals surface area contributed by atoms with Crippen LogP contribution in [0.4, 0.5) is 11.5 Å². The van der Waals surface area contributed by atoms with Crippen LogP contribution in [0.25, 0.3) is 10.9 Å². The fraction of sp³-hybridized carbons (Fsp3) is 0.316. The predicted octanol–water partition coefficient (Wildman–Crippen LogP) is 3.07. The highest BCUT2D eigenvalue weighted by atomic mass is 16.7. The van der Waals surface area contributed by atoms with Crippen LogP contribution in [0, 0.1) is 0 Å². The fourth-order valence-electron chi connectivity index (χ4n) is 2.90. The monoisotopic (exact) mass is 348 g/mol. The van der Waals surface area contributed by atoms with E-state index in [9.17, 15) is 0 Å². The second-order valence-electron chi connectivity index (χ2n) is 7.44. The highest BCUT2D eigenvalue weighted by molar-refractivity contribution is 6.62. The van der Waals surface area contributed by atoms with Crippen molar-refractivity contribution in [3.05, 3.63) is 49.1 Å². The summed E-state index contributed by atoms with van der Waals surface area (Å²) in [6.07, 6.45) is 6.76. The van der Waals surface area contributed by atoms with Crippen molar-refractivity contribution >= 4 is 35.0 Å². The van der Waals surface area contributed by atoms with E-state index in [0.29, 0.717) is 5.82 Å². The summed E-state index contributed by atoms with van der Waals surface area (Å²) in [6, 6.07) is 7.99. The van der Waals surface area contributed by atoms with E-state index < -0.39 is 7.12 Å². The Morgan fingerprint density at radius 1 is 0.923 bits per heavy atom. The molecule has 132 valence electrons. The van der Waals surface area contributed by atoms with E-state index in [-0.39, 0.29) is 11.2 Å². The van der Waals surface area contributed by atoms with Crippen molar-refractivity contribution in [3.8, 4) is 0 Å². The molecule has 26 heavy (non-hydrogen) atoms. The Labute approximate surface area is 153 Å². The van der Waals surface area contributed by atoms with Crippen molar-refractivity contribution in [1.82, 2.24) is 15.0 Å². The van der Waals surface area contributed by atoms with Crippen LogP contribution in [0.5, 0.6) is 0 Å². The molecule has 0 unspecified atom stereocenters. The first-order valence-electron chi connectivity index (χ1n) is 8.63. The van der Waals surface area contributed by atoms with Gasteiger partial charge in [-0.3, -0.25) is 9.97 Å². The van der Waals surface area contributed by atoms with Crippen LogP contribution in [0.15, 0.2) is 49.1 Å². The highest BCUT2D eigenvalue weighted by Gasteiger charge is 2.51. The Morgan fingerprint density at radius 2 is 1.69 bits per heavy atom. The minimum Gasteiger partial charge on any atom is -0.399 e. The SMILES string of the molecule is CC1(C)OB(c2ccc3c(Nc4cnccn4)ccnc3c2)OC1(C)C. The summed E-state index contributed by atoms with van der Waals surface area (Å²) in [6.45, 7) is 8.20. The van der Waals surface area contributed by atoms with Gasteiger partial charge < -0.3 is 14.6 Å². The number of benzene rings is 1. The summed E-state index contributed by atoms with van der Waals surface area (Å²) < 4.78 is 12.3. The maximum absolute atomic E-state index is 6.14. The fourth-order valence-corrected chi connectivity index (χ4v) is 2.90. The number of rotatable bonds is 3. The Hall–Kier alpha value is -2.51. The number of anilines is 2. The molecule has 0 atom stereocenters. The average molecular weight is 348 g/mol. The number of hydrogen-bond acceptors (Lipinski definition) is 6. The van der Waals surface area contributed by atoms with Gasteiger partial charge in [-0.05, 0) is 45.3 Å². The number of fused-ring (bicyclic) bond motifs is 1. The van der Waals surface area contributed by atoms with Gasteiger partial charge >= 0.3 is 7.12 Å². The molecule has 0 amide bonds. The zero-order valence-electron chi connectivity index (χ0n) is 15.4. The first-order valence-corrected chi connectivity index (χ1v) is 8.63. The first-order chi connectivity index (χ1) is 12.4. The maximum atomic E-state index is 6.14. The van der Waals surface area contributed by atoms with Gasteiger partial charge in [-0.2, -0.15) is 0 Å². The first kappa shape index (κ1) is 16.9. The van der Waals surface area contributed by atoms with Gasteiger partial charge in [0.1, 0.15) is 5.82 Å². The van der Waals surface area contributed by atoms with Gasteiger partial charge in [0.05, 0.1) is 28.6 Å². The minimum atomic E-state index is -0.400. The van der Waals surface area contributed by atoms with E-state index in [1.54, 1.807) is 24.8 Å². The van der Waals surface area contributed by atoms with Gasteiger partial charge in [0.25, 0.3) is 0 Å². The maximum Gasteiger partial charge on any atom is 0.494 e. The third-order valence-electron chi connectivity index (χ3n) is 5.12. The van der Waals surface area contributed by atoms with E-state index in [1.807, 2.05) is 24.3 Å². The summed E-state index contributed by atoms with van der Waals surface area (Å²) in [4.78, 5) is 12.8. The van der Waals surface area contributed by atoms with Crippen molar-refractivity contribution in [2.24, 2.45) is 0 Å². The Balaban J connectivity index is 1.67. The van der Waals surface area contributed by atoms with Crippen molar-refractivity contribution in [3.63, 3.8) is 0 Å². The number of hydrogen-bond donors (Lipinski definition) is 1. The molecule has 0 saturated carbocycles. The lowest BCUT2D eigenvalue weighted by molar-refractivity contribution is 0.00578. The lowest BCUT2D eigenvalue weighted by Gasteiger charge is -2.32. The molecular weight excluding hydrogens is 327 g/mol. The Kier molecular flexibility index (Phi) is 3.93. The average Bonchev–Trinajstić information content (AvgIpc) is 2.83. The third-order valence-corrected chi connectivity index (χ3v) is 5.12. The van der Waals surface area contributed by atoms with Gasteiger partial charge in [-0.15, -0.1) is 0 Å². The van der Waals surface area contributed by atoms with E-state index in [2.05, 4.69) is 48.0 Å². The van der Waals surface area contributed by atoms with E-state index in [1.165, 1.54) is 0 Å². The van der Waals surface area contributed by atoms with Crippen LogP contribution in [-0.4, -0.2) is 33.3 Å². The van der Waals surface area contributed by atoms with Crippen LogP contribution >= 0.6 is 0 Å². The molecule has 7 heteroatoms. The summed E-state index contributed by atoms with van der Waals surface area (Å²) in [7, 11) is -0.400. The van der Waals surface area contributed by atoms with Crippen molar-refractivity contribution in [2.45, 2.75) is 38.9 Å². The number of nitrogens with one attached hydrogen (secondary N) is 1.